The van der Waals surface area contributed by atoms with E-state index in [4.69, 9.17) is 5.73 Å². The Morgan fingerprint density at radius 2 is 2.25 bits per heavy atom. The highest BCUT2D eigenvalue weighted by atomic mass is 16.1. The summed E-state index contributed by atoms with van der Waals surface area (Å²) in [6.45, 7) is 6.43. The van der Waals surface area contributed by atoms with Crippen LogP contribution in [0.4, 0.5) is 0 Å². The maximum Gasteiger partial charge on any atom is 0.251 e. The molecule has 16 heavy (non-hydrogen) atoms. The monoisotopic (exact) mass is 221 g/mol. The first-order chi connectivity index (χ1) is 7.50. The Kier molecular flexibility index (Phi) is 4.43. The van der Waals surface area contributed by atoms with E-state index in [1.807, 2.05) is 20.8 Å². The van der Waals surface area contributed by atoms with Crippen LogP contribution >= 0.6 is 0 Å². The van der Waals surface area contributed by atoms with Crippen LogP contribution < -0.4 is 11.1 Å². The van der Waals surface area contributed by atoms with E-state index < -0.39 is 0 Å². The predicted molar refractivity (Wildman–Crippen MR) is 64.1 cm³/mol. The number of hydrogen-bond donors (Lipinski definition) is 2. The van der Waals surface area contributed by atoms with Crippen molar-refractivity contribution in [2.45, 2.75) is 26.8 Å². The number of aryl methyl sites for hydroxylation is 1. The molecule has 4 nitrogen and oxygen atoms in total. The average molecular weight is 221 g/mol. The lowest BCUT2D eigenvalue weighted by Crippen LogP contribution is -2.40. The van der Waals surface area contributed by atoms with Gasteiger partial charge in [-0.2, -0.15) is 0 Å². The maximum absolute atomic E-state index is 11.7. The number of hydrogen-bond acceptors (Lipinski definition) is 3. The van der Waals surface area contributed by atoms with Crippen molar-refractivity contribution in [1.29, 1.82) is 0 Å². The molecule has 0 bridgehead atoms. The van der Waals surface area contributed by atoms with Crippen LogP contribution in [0.15, 0.2) is 18.3 Å². The number of carbonyl (C=O) groups excluding carboxylic acids is 1. The first kappa shape index (κ1) is 12.6. The molecule has 88 valence electrons. The summed E-state index contributed by atoms with van der Waals surface area (Å²) in [6.07, 6.45) is 1.63. The summed E-state index contributed by atoms with van der Waals surface area (Å²) >= 11 is 0. The van der Waals surface area contributed by atoms with Gasteiger partial charge in [-0.15, -0.1) is 0 Å². The smallest absolute Gasteiger partial charge is 0.251 e. The van der Waals surface area contributed by atoms with Gasteiger partial charge < -0.3 is 11.1 Å². The highest BCUT2D eigenvalue weighted by Crippen LogP contribution is 2.01. The van der Waals surface area contributed by atoms with Crippen LogP contribution in [-0.4, -0.2) is 23.5 Å². The highest BCUT2D eigenvalue weighted by molar-refractivity contribution is 5.94. The zero-order chi connectivity index (χ0) is 12.1. The van der Waals surface area contributed by atoms with Gasteiger partial charge in [0.05, 0.1) is 0 Å². The molecular formula is C12H19N3O. The number of rotatable bonds is 4. The van der Waals surface area contributed by atoms with E-state index >= 15 is 0 Å². The Hall–Kier alpha value is -1.42. The van der Waals surface area contributed by atoms with Gasteiger partial charge in [-0.25, -0.2) is 0 Å². The Bertz CT molecular complexity index is 363. The van der Waals surface area contributed by atoms with Gasteiger partial charge >= 0.3 is 0 Å². The average Bonchev–Trinajstić information content (AvgIpc) is 2.25. The number of pyridine rings is 1. The third-order valence-electron chi connectivity index (χ3n) is 2.51. The molecule has 0 aliphatic heterocycles. The fraction of sp³-hybridized carbons (Fsp3) is 0.500. The summed E-state index contributed by atoms with van der Waals surface area (Å²) in [5.74, 6) is 0.265. The quantitative estimate of drug-likeness (QED) is 0.800. The summed E-state index contributed by atoms with van der Waals surface area (Å²) in [5, 5.41) is 2.82. The Balaban J connectivity index is 2.53. The summed E-state index contributed by atoms with van der Waals surface area (Å²) in [4.78, 5) is 15.8. The van der Waals surface area contributed by atoms with Crippen molar-refractivity contribution in [2.24, 2.45) is 11.7 Å². The zero-order valence-electron chi connectivity index (χ0n) is 10.0. The lowest BCUT2D eigenvalue weighted by molar-refractivity contribution is 0.0949. The molecule has 0 aromatic carbocycles. The van der Waals surface area contributed by atoms with Gasteiger partial charge in [0.2, 0.25) is 0 Å². The van der Waals surface area contributed by atoms with Gasteiger partial charge in [0, 0.05) is 30.0 Å². The molecule has 0 saturated heterocycles. The fourth-order valence-electron chi connectivity index (χ4n) is 1.24. The third kappa shape index (κ3) is 3.62. The van der Waals surface area contributed by atoms with Crippen LogP contribution in [0.25, 0.3) is 0 Å². The van der Waals surface area contributed by atoms with Gasteiger partial charge in [0.25, 0.3) is 5.91 Å². The van der Waals surface area contributed by atoms with Crippen molar-refractivity contribution >= 4 is 5.91 Å². The van der Waals surface area contributed by atoms with Gasteiger partial charge in [-0.1, -0.05) is 13.8 Å². The third-order valence-corrected chi connectivity index (χ3v) is 2.51. The summed E-state index contributed by atoms with van der Waals surface area (Å²) in [7, 11) is 0. The highest BCUT2D eigenvalue weighted by Gasteiger charge is 2.10. The van der Waals surface area contributed by atoms with Gasteiger partial charge in [0.15, 0.2) is 0 Å². The molecular weight excluding hydrogens is 202 g/mol. The molecule has 0 aliphatic rings. The molecule has 1 heterocycles. The van der Waals surface area contributed by atoms with Crippen LogP contribution in [0.1, 0.15) is 29.9 Å². The molecule has 1 amide bonds. The molecule has 4 heteroatoms. The van der Waals surface area contributed by atoms with Gasteiger partial charge in [-0.3, -0.25) is 9.78 Å². The van der Waals surface area contributed by atoms with Crippen LogP contribution in [0, 0.1) is 12.8 Å². The van der Waals surface area contributed by atoms with Crippen LogP contribution in [0.2, 0.25) is 0 Å². The molecule has 0 radical (unpaired) electrons. The van der Waals surface area contributed by atoms with Crippen molar-refractivity contribution in [3.8, 4) is 0 Å². The van der Waals surface area contributed by atoms with E-state index in [0.29, 0.717) is 18.0 Å². The predicted octanol–water partition coefficient (Wildman–Crippen LogP) is 1.10. The largest absolute Gasteiger partial charge is 0.350 e. The van der Waals surface area contributed by atoms with E-state index in [-0.39, 0.29) is 11.9 Å². The van der Waals surface area contributed by atoms with Crippen LogP contribution in [-0.2, 0) is 0 Å². The number of nitrogens with zero attached hydrogens (tertiary/aromatic N) is 1. The van der Waals surface area contributed by atoms with Gasteiger partial charge in [-0.05, 0) is 25.0 Å². The van der Waals surface area contributed by atoms with Crippen molar-refractivity contribution in [3.63, 3.8) is 0 Å². The Morgan fingerprint density at radius 1 is 1.56 bits per heavy atom. The SMILES string of the molecule is Cc1cc(C(=O)NCC(N)C(C)C)ccn1. The molecule has 1 atom stereocenters. The van der Waals surface area contributed by atoms with E-state index in [1.165, 1.54) is 0 Å². The number of amides is 1. The summed E-state index contributed by atoms with van der Waals surface area (Å²) in [6, 6.07) is 3.45. The van der Waals surface area contributed by atoms with Crippen LogP contribution in [0.5, 0.6) is 0 Å². The second-order valence-electron chi connectivity index (χ2n) is 4.30. The molecule has 0 fully saturated rings. The zero-order valence-corrected chi connectivity index (χ0v) is 10.0. The standard InChI is InChI=1S/C12H19N3O/c1-8(2)11(13)7-15-12(16)10-4-5-14-9(3)6-10/h4-6,8,11H,7,13H2,1-3H3,(H,15,16). The second kappa shape index (κ2) is 5.61. The number of carbonyl (C=O) groups is 1. The summed E-state index contributed by atoms with van der Waals surface area (Å²) in [5.41, 5.74) is 7.31. The Morgan fingerprint density at radius 3 is 2.81 bits per heavy atom. The minimum atomic E-state index is -0.0957. The van der Waals surface area contributed by atoms with E-state index in [0.717, 1.165) is 5.69 Å². The number of nitrogens with one attached hydrogen (secondary N) is 1. The normalized spacial score (nSPS) is 12.6. The first-order valence-corrected chi connectivity index (χ1v) is 5.47. The molecule has 3 N–H and O–H groups in total. The van der Waals surface area contributed by atoms with Crippen molar-refractivity contribution in [3.05, 3.63) is 29.6 Å². The summed E-state index contributed by atoms with van der Waals surface area (Å²) < 4.78 is 0. The number of nitrogens with two attached hydrogens (primary N) is 1. The molecule has 0 aliphatic carbocycles. The second-order valence-corrected chi connectivity index (χ2v) is 4.30. The minimum absolute atomic E-state index is 0.00751. The topological polar surface area (TPSA) is 68.0 Å². The molecule has 0 saturated carbocycles. The van der Waals surface area contributed by atoms with Crippen molar-refractivity contribution < 1.29 is 4.79 Å². The van der Waals surface area contributed by atoms with E-state index in [1.54, 1.807) is 18.3 Å². The lowest BCUT2D eigenvalue weighted by atomic mass is 10.1. The molecule has 1 rings (SSSR count). The number of aromatic nitrogens is 1. The van der Waals surface area contributed by atoms with Crippen LogP contribution in [0.3, 0.4) is 0 Å². The fourth-order valence-corrected chi connectivity index (χ4v) is 1.24. The molecule has 0 spiro atoms. The van der Waals surface area contributed by atoms with Crippen molar-refractivity contribution in [2.75, 3.05) is 6.54 Å². The van der Waals surface area contributed by atoms with E-state index in [9.17, 15) is 4.79 Å². The Labute approximate surface area is 96.3 Å². The maximum atomic E-state index is 11.7. The lowest BCUT2D eigenvalue weighted by Gasteiger charge is -2.16. The first-order valence-electron chi connectivity index (χ1n) is 5.47. The van der Waals surface area contributed by atoms with Gasteiger partial charge in [0.1, 0.15) is 0 Å². The molecule has 1 aromatic rings. The van der Waals surface area contributed by atoms with Crippen molar-refractivity contribution in [1.82, 2.24) is 10.3 Å². The van der Waals surface area contributed by atoms with E-state index in [2.05, 4.69) is 10.3 Å². The molecule has 1 aromatic heterocycles. The minimum Gasteiger partial charge on any atom is -0.350 e. The molecule has 1 unspecified atom stereocenters.